The minimum absolute atomic E-state index is 0.166. The summed E-state index contributed by atoms with van der Waals surface area (Å²) < 4.78 is 0. The fraction of sp³-hybridized carbons (Fsp3) is 0.143. The number of hydrogen-bond acceptors (Lipinski definition) is 3. The normalized spacial score (nSPS) is 12.0. The number of halogens is 3. The predicted octanol–water partition coefficient (Wildman–Crippen LogP) is 4.31. The molecule has 0 aliphatic rings. The van der Waals surface area contributed by atoms with Gasteiger partial charge in [0.1, 0.15) is 5.82 Å². The number of nitrogens with two attached hydrogens (primary N) is 1. The standard InChI is InChI=1S/C14H12Cl3N3O/c1-7(9-3-2-4-10(15)12(9)17)20-14-11(16)5-8(6-19-14)13(18)21/h2-7H,1H3,(H2,18,21)(H,19,20). The zero-order valence-electron chi connectivity index (χ0n) is 11.0. The zero-order valence-corrected chi connectivity index (χ0v) is 13.3. The van der Waals surface area contributed by atoms with Gasteiger partial charge in [0, 0.05) is 6.20 Å². The quantitative estimate of drug-likeness (QED) is 0.868. The average Bonchev–Trinajstić information content (AvgIpc) is 2.43. The van der Waals surface area contributed by atoms with E-state index < -0.39 is 5.91 Å². The molecular formula is C14H12Cl3N3O. The van der Waals surface area contributed by atoms with Crippen LogP contribution in [0.1, 0.15) is 28.9 Å². The summed E-state index contributed by atoms with van der Waals surface area (Å²) in [4.78, 5) is 15.2. The van der Waals surface area contributed by atoms with Gasteiger partial charge in [0.05, 0.1) is 26.7 Å². The van der Waals surface area contributed by atoms with Crippen molar-refractivity contribution in [2.45, 2.75) is 13.0 Å². The molecule has 0 saturated carbocycles. The van der Waals surface area contributed by atoms with Gasteiger partial charge in [-0.2, -0.15) is 0 Å². The predicted molar refractivity (Wildman–Crippen MR) is 86.3 cm³/mol. The maximum Gasteiger partial charge on any atom is 0.250 e. The lowest BCUT2D eigenvalue weighted by atomic mass is 10.1. The Labute approximate surface area is 137 Å². The Balaban J connectivity index is 2.25. The largest absolute Gasteiger partial charge is 0.366 e. The van der Waals surface area contributed by atoms with E-state index in [1.165, 1.54) is 12.3 Å². The molecule has 0 radical (unpaired) electrons. The molecule has 7 heteroatoms. The van der Waals surface area contributed by atoms with Crippen LogP contribution in [0.25, 0.3) is 0 Å². The van der Waals surface area contributed by atoms with Gasteiger partial charge in [0.2, 0.25) is 5.91 Å². The van der Waals surface area contributed by atoms with Crippen molar-refractivity contribution in [3.8, 4) is 0 Å². The van der Waals surface area contributed by atoms with Crippen molar-refractivity contribution >= 4 is 46.5 Å². The van der Waals surface area contributed by atoms with Crippen LogP contribution < -0.4 is 11.1 Å². The monoisotopic (exact) mass is 343 g/mol. The molecule has 2 aromatic rings. The van der Waals surface area contributed by atoms with Crippen molar-refractivity contribution in [3.05, 3.63) is 56.7 Å². The zero-order chi connectivity index (χ0) is 15.6. The molecule has 1 amide bonds. The number of nitrogens with one attached hydrogen (secondary N) is 1. The topological polar surface area (TPSA) is 68.0 Å². The third kappa shape index (κ3) is 3.59. The Morgan fingerprint density at radius 2 is 2.00 bits per heavy atom. The molecule has 1 aromatic heterocycles. The number of rotatable bonds is 4. The highest BCUT2D eigenvalue weighted by atomic mass is 35.5. The Bertz CT molecular complexity index is 691. The van der Waals surface area contributed by atoms with Gasteiger partial charge in [0.25, 0.3) is 0 Å². The molecule has 0 fully saturated rings. The molecule has 0 saturated heterocycles. The van der Waals surface area contributed by atoms with Crippen molar-refractivity contribution in [3.63, 3.8) is 0 Å². The van der Waals surface area contributed by atoms with Crippen LogP contribution >= 0.6 is 34.8 Å². The number of amides is 1. The van der Waals surface area contributed by atoms with Gasteiger partial charge in [-0.25, -0.2) is 4.98 Å². The minimum atomic E-state index is -0.582. The molecule has 1 atom stereocenters. The molecule has 0 bridgehead atoms. The lowest BCUT2D eigenvalue weighted by molar-refractivity contribution is 0.1000. The van der Waals surface area contributed by atoms with E-state index in [-0.39, 0.29) is 11.6 Å². The Morgan fingerprint density at radius 3 is 2.62 bits per heavy atom. The average molecular weight is 345 g/mol. The Kier molecular flexibility index (Phi) is 4.93. The van der Waals surface area contributed by atoms with E-state index in [0.717, 1.165) is 5.56 Å². The van der Waals surface area contributed by atoms with Crippen molar-refractivity contribution in [1.82, 2.24) is 4.98 Å². The fourth-order valence-electron chi connectivity index (χ4n) is 1.82. The number of carbonyl (C=O) groups is 1. The highest BCUT2D eigenvalue weighted by Crippen LogP contribution is 2.32. The minimum Gasteiger partial charge on any atom is -0.366 e. The number of benzene rings is 1. The Hall–Kier alpha value is -1.49. The summed E-state index contributed by atoms with van der Waals surface area (Å²) >= 11 is 18.3. The van der Waals surface area contributed by atoms with E-state index in [1.807, 2.05) is 19.1 Å². The first-order valence-corrected chi connectivity index (χ1v) is 7.19. The molecule has 0 aliphatic heterocycles. The molecule has 0 aliphatic carbocycles. The molecule has 0 spiro atoms. The third-order valence-electron chi connectivity index (χ3n) is 2.93. The first-order valence-electron chi connectivity index (χ1n) is 6.06. The summed E-state index contributed by atoms with van der Waals surface area (Å²) in [5.74, 6) is -0.146. The molecule has 110 valence electrons. The van der Waals surface area contributed by atoms with Crippen molar-refractivity contribution < 1.29 is 4.79 Å². The molecule has 3 N–H and O–H groups in total. The van der Waals surface area contributed by atoms with Crippen molar-refractivity contribution in [2.75, 3.05) is 5.32 Å². The van der Waals surface area contributed by atoms with Crippen molar-refractivity contribution in [1.29, 1.82) is 0 Å². The van der Waals surface area contributed by atoms with Gasteiger partial charge in [-0.3, -0.25) is 4.79 Å². The summed E-state index contributed by atoms with van der Waals surface area (Å²) in [7, 11) is 0. The summed E-state index contributed by atoms with van der Waals surface area (Å²) in [6, 6.07) is 6.68. The van der Waals surface area contributed by atoms with Crippen LogP contribution in [0.4, 0.5) is 5.82 Å². The first kappa shape index (κ1) is 15.9. The first-order chi connectivity index (χ1) is 9.90. The number of nitrogens with zero attached hydrogens (tertiary/aromatic N) is 1. The Morgan fingerprint density at radius 1 is 1.29 bits per heavy atom. The second kappa shape index (κ2) is 6.52. The molecular weight excluding hydrogens is 333 g/mol. The maximum absolute atomic E-state index is 11.1. The number of anilines is 1. The smallest absolute Gasteiger partial charge is 0.250 e. The van der Waals surface area contributed by atoms with E-state index in [1.54, 1.807) is 6.07 Å². The van der Waals surface area contributed by atoms with Gasteiger partial charge < -0.3 is 11.1 Å². The molecule has 1 heterocycles. The second-order valence-corrected chi connectivity index (χ2v) is 5.62. The molecule has 1 unspecified atom stereocenters. The SMILES string of the molecule is CC(Nc1ncc(C(N)=O)cc1Cl)c1cccc(Cl)c1Cl. The molecule has 4 nitrogen and oxygen atoms in total. The van der Waals surface area contributed by atoms with E-state index in [2.05, 4.69) is 10.3 Å². The lowest BCUT2D eigenvalue weighted by Gasteiger charge is -2.17. The van der Waals surface area contributed by atoms with Gasteiger partial charge in [-0.1, -0.05) is 46.9 Å². The summed E-state index contributed by atoms with van der Waals surface area (Å²) in [5.41, 5.74) is 6.24. The van der Waals surface area contributed by atoms with Crippen LogP contribution in [0.3, 0.4) is 0 Å². The summed E-state index contributed by atoms with van der Waals surface area (Å²) in [6.07, 6.45) is 1.36. The van der Waals surface area contributed by atoms with E-state index >= 15 is 0 Å². The number of pyridine rings is 1. The van der Waals surface area contributed by atoms with E-state index in [9.17, 15) is 4.79 Å². The van der Waals surface area contributed by atoms with Crippen LogP contribution in [0, 0.1) is 0 Å². The molecule has 21 heavy (non-hydrogen) atoms. The van der Waals surface area contributed by atoms with Crippen LogP contribution in [0.5, 0.6) is 0 Å². The van der Waals surface area contributed by atoms with Gasteiger partial charge in [-0.15, -0.1) is 0 Å². The highest BCUT2D eigenvalue weighted by molar-refractivity contribution is 6.42. The third-order valence-corrected chi connectivity index (χ3v) is 4.05. The van der Waals surface area contributed by atoms with Crippen molar-refractivity contribution in [2.24, 2.45) is 5.73 Å². The number of aromatic nitrogens is 1. The molecule has 1 aromatic carbocycles. The van der Waals surface area contributed by atoms with Crippen LogP contribution in [0.15, 0.2) is 30.5 Å². The highest BCUT2D eigenvalue weighted by Gasteiger charge is 2.14. The fourth-order valence-corrected chi connectivity index (χ4v) is 2.51. The summed E-state index contributed by atoms with van der Waals surface area (Å²) in [6.45, 7) is 1.90. The second-order valence-electron chi connectivity index (χ2n) is 4.43. The van der Waals surface area contributed by atoms with Crippen LogP contribution in [0.2, 0.25) is 15.1 Å². The van der Waals surface area contributed by atoms with Gasteiger partial charge >= 0.3 is 0 Å². The maximum atomic E-state index is 11.1. The number of hydrogen-bond donors (Lipinski definition) is 2. The van der Waals surface area contributed by atoms with E-state index in [4.69, 9.17) is 40.5 Å². The number of primary amides is 1. The number of carbonyl (C=O) groups excluding carboxylic acids is 1. The lowest BCUT2D eigenvalue weighted by Crippen LogP contribution is -2.13. The molecule has 2 rings (SSSR count). The van der Waals surface area contributed by atoms with Gasteiger partial charge in [-0.05, 0) is 24.6 Å². The summed E-state index contributed by atoms with van der Waals surface area (Å²) in [5, 5.41) is 4.38. The van der Waals surface area contributed by atoms with Crippen LogP contribution in [-0.2, 0) is 0 Å². The van der Waals surface area contributed by atoms with Gasteiger partial charge in [0.15, 0.2) is 0 Å². The van der Waals surface area contributed by atoms with E-state index in [0.29, 0.717) is 20.9 Å². The van der Waals surface area contributed by atoms with Crippen LogP contribution in [-0.4, -0.2) is 10.9 Å².